The zero-order chi connectivity index (χ0) is 23.4. The number of aliphatic imine (C=N–C) groups is 1. The lowest BCUT2D eigenvalue weighted by molar-refractivity contribution is -0.137. The van der Waals surface area contributed by atoms with Crippen molar-refractivity contribution in [1.82, 2.24) is 4.90 Å². The zero-order valence-electron chi connectivity index (χ0n) is 17.7. The highest BCUT2D eigenvalue weighted by molar-refractivity contribution is 9.10. The minimum Gasteiger partial charge on any atom is -0.405 e. The van der Waals surface area contributed by atoms with Gasteiger partial charge in [0.05, 0.1) is 23.4 Å². The summed E-state index contributed by atoms with van der Waals surface area (Å²) in [6.07, 6.45) is -1.58. The maximum absolute atomic E-state index is 13.2. The van der Waals surface area contributed by atoms with Crippen LogP contribution in [0.3, 0.4) is 0 Å². The molecular formula is C26H23BrF3N3. The van der Waals surface area contributed by atoms with Crippen molar-refractivity contribution in [1.29, 1.82) is 0 Å². The molecule has 7 heteroatoms. The number of hydrogen-bond donors (Lipinski definition) is 1. The van der Waals surface area contributed by atoms with Gasteiger partial charge < -0.3 is 5.73 Å². The second-order valence-corrected chi connectivity index (χ2v) is 8.75. The Morgan fingerprint density at radius 1 is 0.970 bits per heavy atom. The van der Waals surface area contributed by atoms with E-state index in [1.165, 1.54) is 23.4 Å². The first-order valence-corrected chi connectivity index (χ1v) is 11.3. The molecule has 3 nitrogen and oxygen atoms in total. The third-order valence-electron chi connectivity index (χ3n) is 5.63. The molecule has 3 aromatic rings. The summed E-state index contributed by atoms with van der Waals surface area (Å²) in [6, 6.07) is 24.1. The fourth-order valence-electron chi connectivity index (χ4n) is 4.05. The van der Waals surface area contributed by atoms with Gasteiger partial charge in [0.15, 0.2) is 0 Å². The van der Waals surface area contributed by atoms with Gasteiger partial charge in [0.1, 0.15) is 0 Å². The molecule has 170 valence electrons. The number of nitrogens with two attached hydrogens (primary N) is 1. The van der Waals surface area contributed by atoms with E-state index in [2.05, 4.69) is 45.1 Å². The second kappa shape index (κ2) is 9.93. The fourth-order valence-corrected chi connectivity index (χ4v) is 4.50. The molecule has 0 atom stereocenters. The summed E-state index contributed by atoms with van der Waals surface area (Å²) < 4.78 is 40.3. The van der Waals surface area contributed by atoms with E-state index in [0.717, 1.165) is 12.1 Å². The first kappa shape index (κ1) is 23.3. The number of halogens is 4. The molecule has 3 aromatic carbocycles. The molecule has 0 unspecified atom stereocenters. The van der Waals surface area contributed by atoms with Gasteiger partial charge in [0, 0.05) is 23.1 Å². The minimum atomic E-state index is -4.43. The Hall–Kier alpha value is -2.90. The predicted octanol–water partition coefficient (Wildman–Crippen LogP) is 6.20. The van der Waals surface area contributed by atoms with Crippen molar-refractivity contribution in [3.05, 3.63) is 118 Å². The third-order valence-corrected chi connectivity index (χ3v) is 6.32. The maximum atomic E-state index is 13.2. The Kier molecular flexibility index (Phi) is 7.00. The van der Waals surface area contributed by atoms with Gasteiger partial charge in [-0.25, -0.2) is 0 Å². The van der Waals surface area contributed by atoms with E-state index < -0.39 is 11.7 Å². The smallest absolute Gasteiger partial charge is 0.405 e. The summed E-state index contributed by atoms with van der Waals surface area (Å²) in [6.45, 7) is 1.37. The van der Waals surface area contributed by atoms with E-state index in [9.17, 15) is 13.2 Å². The zero-order valence-corrected chi connectivity index (χ0v) is 19.3. The van der Waals surface area contributed by atoms with Crippen molar-refractivity contribution in [2.75, 3.05) is 13.1 Å². The van der Waals surface area contributed by atoms with Gasteiger partial charge in [-0.05, 0) is 41.6 Å². The molecule has 0 saturated carbocycles. The molecule has 0 radical (unpaired) electrons. The highest BCUT2D eigenvalue weighted by atomic mass is 79.9. The lowest BCUT2D eigenvalue weighted by atomic mass is 9.93. The molecule has 1 aliphatic heterocycles. The van der Waals surface area contributed by atoms with Crippen LogP contribution >= 0.6 is 15.9 Å². The summed E-state index contributed by atoms with van der Waals surface area (Å²) >= 11 is 3.36. The average molecular weight is 514 g/mol. The van der Waals surface area contributed by atoms with Crippen LogP contribution in [0.15, 0.2) is 101 Å². The van der Waals surface area contributed by atoms with Crippen LogP contribution in [0.25, 0.3) is 0 Å². The lowest BCUT2D eigenvalue weighted by Gasteiger charge is -2.43. The van der Waals surface area contributed by atoms with Crippen LogP contribution < -0.4 is 5.73 Å². The Morgan fingerprint density at radius 2 is 1.55 bits per heavy atom. The molecule has 1 fully saturated rings. The van der Waals surface area contributed by atoms with Crippen LogP contribution in [-0.4, -0.2) is 29.7 Å². The third kappa shape index (κ3) is 5.37. The van der Waals surface area contributed by atoms with Crippen LogP contribution in [0.4, 0.5) is 13.2 Å². The summed E-state index contributed by atoms with van der Waals surface area (Å²) in [4.78, 5) is 7.08. The van der Waals surface area contributed by atoms with Gasteiger partial charge in [-0.2, -0.15) is 13.2 Å². The largest absolute Gasteiger partial charge is 0.416 e. The first-order valence-electron chi connectivity index (χ1n) is 10.5. The number of alkyl halides is 3. The van der Waals surface area contributed by atoms with E-state index in [1.807, 2.05) is 36.4 Å². The number of nitrogens with zero attached hydrogens (tertiary/aromatic N) is 2. The Labute approximate surface area is 199 Å². The summed E-state index contributed by atoms with van der Waals surface area (Å²) in [5, 5.41) is 0. The second-order valence-electron chi connectivity index (χ2n) is 7.90. The van der Waals surface area contributed by atoms with Crippen LogP contribution in [0, 0.1) is 0 Å². The lowest BCUT2D eigenvalue weighted by Crippen LogP contribution is -2.51. The number of hydrogen-bond acceptors (Lipinski definition) is 3. The molecule has 1 saturated heterocycles. The average Bonchev–Trinajstić information content (AvgIpc) is 2.78. The highest BCUT2D eigenvalue weighted by Crippen LogP contribution is 2.35. The van der Waals surface area contributed by atoms with Crippen molar-refractivity contribution < 1.29 is 13.2 Å². The maximum Gasteiger partial charge on any atom is 0.416 e. The van der Waals surface area contributed by atoms with E-state index in [-0.39, 0.29) is 12.1 Å². The SMILES string of the molecule is N/C=C\C(=NC1CN(C(c2ccccc2)c2ccccc2)C1)c1cc(C(F)(F)F)ccc1Br. The van der Waals surface area contributed by atoms with Gasteiger partial charge in [0.25, 0.3) is 0 Å². The number of rotatable bonds is 6. The number of allylic oxidation sites excluding steroid dienone is 1. The molecule has 0 aliphatic carbocycles. The van der Waals surface area contributed by atoms with Crippen molar-refractivity contribution in [2.45, 2.75) is 18.3 Å². The summed E-state index contributed by atoms with van der Waals surface area (Å²) in [5.41, 5.74) is 8.05. The monoisotopic (exact) mass is 513 g/mol. The molecule has 2 N–H and O–H groups in total. The van der Waals surface area contributed by atoms with Crippen molar-refractivity contribution in [3.63, 3.8) is 0 Å². The predicted molar refractivity (Wildman–Crippen MR) is 129 cm³/mol. The quantitative estimate of drug-likeness (QED) is 0.398. The van der Waals surface area contributed by atoms with E-state index in [4.69, 9.17) is 10.7 Å². The number of likely N-dealkylation sites (tertiary alicyclic amines) is 1. The van der Waals surface area contributed by atoms with Gasteiger partial charge in [0.2, 0.25) is 0 Å². The van der Waals surface area contributed by atoms with E-state index in [0.29, 0.717) is 28.8 Å². The highest BCUT2D eigenvalue weighted by Gasteiger charge is 2.35. The van der Waals surface area contributed by atoms with Crippen molar-refractivity contribution in [3.8, 4) is 0 Å². The van der Waals surface area contributed by atoms with Crippen molar-refractivity contribution >= 4 is 21.6 Å². The molecule has 4 rings (SSSR count). The summed E-state index contributed by atoms with van der Waals surface area (Å²) in [7, 11) is 0. The van der Waals surface area contributed by atoms with Crippen LogP contribution in [-0.2, 0) is 6.18 Å². The fraction of sp³-hybridized carbons (Fsp3) is 0.192. The van der Waals surface area contributed by atoms with Gasteiger partial charge >= 0.3 is 6.18 Å². The number of benzene rings is 3. The molecule has 0 bridgehead atoms. The molecule has 1 aliphatic rings. The normalized spacial score (nSPS) is 15.8. The van der Waals surface area contributed by atoms with E-state index in [1.54, 1.807) is 6.08 Å². The van der Waals surface area contributed by atoms with Crippen LogP contribution in [0.2, 0.25) is 0 Å². The minimum absolute atomic E-state index is 0.0485. The van der Waals surface area contributed by atoms with E-state index >= 15 is 0 Å². The topological polar surface area (TPSA) is 41.6 Å². The van der Waals surface area contributed by atoms with Crippen LogP contribution in [0.5, 0.6) is 0 Å². The van der Waals surface area contributed by atoms with Gasteiger partial charge in [-0.15, -0.1) is 0 Å². The Bertz CT molecular complexity index is 1100. The van der Waals surface area contributed by atoms with Gasteiger partial charge in [-0.3, -0.25) is 9.89 Å². The van der Waals surface area contributed by atoms with Crippen molar-refractivity contribution in [2.24, 2.45) is 10.7 Å². The standard InChI is InChI=1S/C26H23BrF3N3/c27-23-12-11-20(26(28,29)30)15-22(23)24(13-14-31)32-21-16-33(17-21)25(18-7-3-1-4-8-18)19-9-5-2-6-10-19/h1-15,21,25H,16-17,31H2/b14-13-,32-24?. The van der Waals surface area contributed by atoms with Crippen LogP contribution in [0.1, 0.15) is 28.3 Å². The molecule has 0 amide bonds. The Morgan fingerprint density at radius 3 is 2.06 bits per heavy atom. The first-order chi connectivity index (χ1) is 15.9. The van der Waals surface area contributed by atoms with Gasteiger partial charge in [-0.1, -0.05) is 76.6 Å². The molecule has 33 heavy (non-hydrogen) atoms. The summed E-state index contributed by atoms with van der Waals surface area (Å²) in [5.74, 6) is 0. The molecular weight excluding hydrogens is 491 g/mol. The molecule has 0 aromatic heterocycles. The molecule has 0 spiro atoms. The Balaban J connectivity index is 1.59. The molecule has 1 heterocycles.